The zero-order valence-electron chi connectivity index (χ0n) is 76.2. The molecule has 10 heteroatoms. The van der Waals surface area contributed by atoms with Gasteiger partial charge in [-0.3, -0.25) is 0 Å². The molecular weight excluding hydrogens is 1560 g/mol. The Labute approximate surface area is 750 Å². The molecular formula is C118H102N10. The van der Waals surface area contributed by atoms with E-state index in [0.29, 0.717) is 23.3 Å². The van der Waals surface area contributed by atoms with E-state index in [1.54, 1.807) is 0 Å². The van der Waals surface area contributed by atoms with Gasteiger partial charge >= 0.3 is 0 Å². The first-order chi connectivity index (χ1) is 62.0. The Hall–Kier alpha value is -15.0. The van der Waals surface area contributed by atoms with Crippen LogP contribution in [0.5, 0.6) is 0 Å². The average Bonchev–Trinajstić information content (AvgIpc) is 1.54. The van der Waals surface area contributed by atoms with Crippen molar-refractivity contribution in [2.75, 3.05) is 0 Å². The SMILES string of the molecule is Cc1cc(-c2nc(-c3ccccc3)cc(-c3ccccc3)n2)cc(-c2nc(-c3ccccc3)cc(-c3ccccc3)n2)c1-n1c2c(C)c(C)c(C)c(C)c2c2c(C)c(C)c(C)c(C)c21.Cc1cc(-n2c3c(C)c(C)c(C)c(C)c3c3c(C)c(C)c(C)c(C)c32)c(-c2nc(-c3ccccc3)cc(-c3ccccc3)n2)cc1-c1nc(-c2ccccc2)cc(-c2ccccc2)n1. The molecule has 0 fully saturated rings. The van der Waals surface area contributed by atoms with Gasteiger partial charge in [0.1, 0.15) is 0 Å². The van der Waals surface area contributed by atoms with Crippen molar-refractivity contribution in [2.24, 2.45) is 0 Å². The molecule has 0 aliphatic rings. The van der Waals surface area contributed by atoms with Crippen molar-refractivity contribution in [3.05, 3.63) is 391 Å². The van der Waals surface area contributed by atoms with Gasteiger partial charge in [0.2, 0.25) is 0 Å². The summed E-state index contributed by atoms with van der Waals surface area (Å²) in [6, 6.07) is 101. The van der Waals surface area contributed by atoms with Gasteiger partial charge in [0.05, 0.1) is 79.0 Å². The van der Waals surface area contributed by atoms with Crippen LogP contribution in [0, 0.1) is 125 Å². The number of aromatic nitrogens is 10. The van der Waals surface area contributed by atoms with E-state index in [1.165, 1.54) is 133 Å². The average molecular weight is 1660 g/mol. The highest BCUT2D eigenvalue weighted by molar-refractivity contribution is 6.18. The minimum absolute atomic E-state index is 0.630. The van der Waals surface area contributed by atoms with Crippen LogP contribution < -0.4 is 0 Å². The number of aryl methyl sites for hydroxylation is 10. The summed E-state index contributed by atoms with van der Waals surface area (Å²) < 4.78 is 5.10. The summed E-state index contributed by atoms with van der Waals surface area (Å²) in [6.45, 7) is 41.0. The fraction of sp³-hybridized carbons (Fsp3) is 0.153. The molecule has 6 heterocycles. The van der Waals surface area contributed by atoms with Crippen molar-refractivity contribution >= 4 is 43.6 Å². The molecule has 0 bridgehead atoms. The van der Waals surface area contributed by atoms with E-state index in [-0.39, 0.29) is 0 Å². The zero-order valence-corrected chi connectivity index (χ0v) is 76.2. The van der Waals surface area contributed by atoms with Crippen LogP contribution in [0.3, 0.4) is 0 Å². The molecule has 20 aromatic rings. The van der Waals surface area contributed by atoms with E-state index in [1.807, 2.05) is 48.5 Å². The molecule has 0 atom stereocenters. The van der Waals surface area contributed by atoms with Gasteiger partial charge in [0.25, 0.3) is 0 Å². The highest BCUT2D eigenvalue weighted by atomic mass is 15.0. The smallest absolute Gasteiger partial charge is 0.162 e. The van der Waals surface area contributed by atoms with E-state index in [4.69, 9.17) is 39.9 Å². The second-order valence-corrected chi connectivity index (χ2v) is 34.7. The molecule has 0 N–H and O–H groups in total. The van der Waals surface area contributed by atoms with Crippen molar-refractivity contribution in [1.82, 2.24) is 49.0 Å². The Morgan fingerprint density at radius 3 is 0.641 bits per heavy atom. The molecule has 0 aliphatic heterocycles. The molecule has 0 unspecified atom stereocenters. The second-order valence-electron chi connectivity index (χ2n) is 34.7. The number of rotatable bonds is 14. The number of nitrogens with zero attached hydrogens (tertiary/aromatic N) is 10. The Bertz CT molecular complexity index is 7420. The van der Waals surface area contributed by atoms with Crippen LogP contribution in [0.25, 0.3) is 191 Å². The van der Waals surface area contributed by atoms with Gasteiger partial charge in [0.15, 0.2) is 23.3 Å². The molecule has 128 heavy (non-hydrogen) atoms. The minimum atomic E-state index is 0.630. The normalized spacial score (nSPS) is 11.5. The molecule has 0 amide bonds. The topological polar surface area (TPSA) is 113 Å². The van der Waals surface area contributed by atoms with Gasteiger partial charge in [-0.2, -0.15) is 0 Å². The molecule has 6 aromatic heterocycles. The van der Waals surface area contributed by atoms with E-state index in [9.17, 15) is 0 Å². The Kier molecular flexibility index (Phi) is 21.6. The summed E-state index contributed by atoms with van der Waals surface area (Å²) in [7, 11) is 0. The third-order valence-electron chi connectivity index (χ3n) is 27.6. The monoisotopic (exact) mass is 1660 g/mol. The van der Waals surface area contributed by atoms with Crippen LogP contribution in [0.4, 0.5) is 0 Å². The van der Waals surface area contributed by atoms with Crippen molar-refractivity contribution in [3.63, 3.8) is 0 Å². The van der Waals surface area contributed by atoms with Crippen LogP contribution in [-0.2, 0) is 0 Å². The first-order valence-corrected chi connectivity index (χ1v) is 44.3. The zero-order chi connectivity index (χ0) is 88.8. The van der Waals surface area contributed by atoms with Crippen molar-refractivity contribution in [2.45, 2.75) is 125 Å². The highest BCUT2D eigenvalue weighted by Gasteiger charge is 2.32. The molecule has 10 nitrogen and oxygen atoms in total. The maximum Gasteiger partial charge on any atom is 0.162 e. The third kappa shape index (κ3) is 14.4. The summed E-state index contributed by atoms with van der Waals surface area (Å²) in [5.74, 6) is 2.55. The largest absolute Gasteiger partial charge is 0.308 e. The first-order valence-electron chi connectivity index (χ1n) is 44.3. The lowest BCUT2D eigenvalue weighted by molar-refractivity contribution is 1.09. The Balaban J connectivity index is 0.000000167. The van der Waals surface area contributed by atoms with Crippen LogP contribution in [0.15, 0.2) is 291 Å². The molecule has 624 valence electrons. The van der Waals surface area contributed by atoms with Gasteiger partial charge in [-0.1, -0.05) is 243 Å². The fourth-order valence-corrected chi connectivity index (χ4v) is 19.2. The van der Waals surface area contributed by atoms with Crippen LogP contribution >= 0.6 is 0 Å². The lowest BCUT2D eigenvalue weighted by Gasteiger charge is -2.22. The quantitative estimate of drug-likeness (QED) is 0.106. The summed E-state index contributed by atoms with van der Waals surface area (Å²) in [5.41, 5.74) is 48.7. The van der Waals surface area contributed by atoms with E-state index < -0.39 is 0 Å². The van der Waals surface area contributed by atoms with E-state index >= 15 is 0 Å². The predicted octanol–water partition coefficient (Wildman–Crippen LogP) is 30.3. The van der Waals surface area contributed by atoms with Gasteiger partial charge < -0.3 is 9.13 Å². The summed E-state index contributed by atoms with van der Waals surface area (Å²) in [4.78, 5) is 43.4. The minimum Gasteiger partial charge on any atom is -0.308 e. The van der Waals surface area contributed by atoms with E-state index in [0.717, 1.165) is 135 Å². The van der Waals surface area contributed by atoms with Crippen molar-refractivity contribution in [1.29, 1.82) is 0 Å². The molecule has 0 saturated carbocycles. The second kappa shape index (κ2) is 33.5. The Morgan fingerprint density at radius 1 is 0.164 bits per heavy atom. The number of hydrogen-bond acceptors (Lipinski definition) is 8. The summed E-state index contributed by atoms with van der Waals surface area (Å²) in [5, 5.41) is 5.23. The van der Waals surface area contributed by atoms with Crippen LogP contribution in [0.2, 0.25) is 0 Å². The standard InChI is InChI=1S/2C59H51N5/c1-34-30-53(64-56-41(8)37(4)35(2)39(6)54(56)55-40(7)36(3)38(5)42(9)57(55)64)48(59-62-51(45-26-18-12-19-27-45)33-52(63-59)46-28-20-13-21-29-46)31-47(34)58-60-49(43-22-14-10-15-23-43)32-50(61-58)44-24-16-11-17-25-44;1-34-30-47(58-60-49(43-22-14-10-15-23-43)32-50(61-58)44-24-16-11-17-25-44)31-48(59-62-51(45-26-18-12-19-27-45)33-52(63-59)46-28-20-13-21-29-46)55(34)64-56-41(8)37(4)35(2)39(6)53(56)54-40(7)36(3)38(5)42(9)57(54)64/h2*10-33H,1-9H3. The lowest BCUT2D eigenvalue weighted by atomic mass is 9.90. The molecule has 0 radical (unpaired) electrons. The number of benzene rings is 14. The maximum absolute atomic E-state index is 5.51. The lowest BCUT2D eigenvalue weighted by Crippen LogP contribution is -2.07. The van der Waals surface area contributed by atoms with Crippen molar-refractivity contribution < 1.29 is 0 Å². The third-order valence-corrected chi connectivity index (χ3v) is 27.6. The Morgan fingerprint density at radius 2 is 0.383 bits per heavy atom. The van der Waals surface area contributed by atoms with Crippen LogP contribution in [0.1, 0.15) is 100 Å². The molecule has 0 saturated heterocycles. The number of hydrogen-bond donors (Lipinski definition) is 0. The predicted molar refractivity (Wildman–Crippen MR) is 534 cm³/mol. The summed E-state index contributed by atoms with van der Waals surface area (Å²) in [6.07, 6.45) is 0. The molecule has 14 aromatic carbocycles. The van der Waals surface area contributed by atoms with E-state index in [2.05, 4.69) is 376 Å². The molecule has 0 aliphatic carbocycles. The highest BCUT2D eigenvalue weighted by Crippen LogP contribution is 2.50. The number of fused-ring (bicyclic) bond motifs is 6. The van der Waals surface area contributed by atoms with Crippen LogP contribution in [-0.4, -0.2) is 49.0 Å². The fourth-order valence-electron chi connectivity index (χ4n) is 19.2. The first kappa shape index (κ1) is 82.6. The van der Waals surface area contributed by atoms with Crippen molar-refractivity contribution in [3.8, 4) is 147 Å². The summed E-state index contributed by atoms with van der Waals surface area (Å²) >= 11 is 0. The van der Waals surface area contributed by atoms with Gasteiger partial charge in [-0.15, -0.1) is 0 Å². The maximum atomic E-state index is 5.51. The van der Waals surface area contributed by atoms with Gasteiger partial charge in [-0.05, 0) is 273 Å². The van der Waals surface area contributed by atoms with Gasteiger partial charge in [-0.25, -0.2) is 39.9 Å². The molecule has 0 spiro atoms. The van der Waals surface area contributed by atoms with Gasteiger partial charge in [0, 0.05) is 88.3 Å². The molecule has 20 rings (SSSR count).